The van der Waals surface area contributed by atoms with Crippen molar-refractivity contribution in [3.63, 3.8) is 0 Å². The highest BCUT2D eigenvalue weighted by Crippen LogP contribution is 2.42. The molecule has 3 rings (SSSR count). The van der Waals surface area contributed by atoms with Gasteiger partial charge in [-0.3, -0.25) is 4.79 Å². The summed E-state index contributed by atoms with van der Waals surface area (Å²) in [5.41, 5.74) is 0. The fourth-order valence-corrected chi connectivity index (χ4v) is 3.26. The molecule has 0 N–H and O–H groups in total. The fraction of sp³-hybridized carbons (Fsp3) is 0.938. The van der Waals surface area contributed by atoms with E-state index in [1.807, 2.05) is 34.6 Å². The minimum atomic E-state index is -0.780. The Morgan fingerprint density at radius 1 is 1.04 bits per heavy atom. The second-order valence-electron chi connectivity index (χ2n) is 7.14. The maximum atomic E-state index is 11.8. The Kier molecular flexibility index (Phi) is 4.44. The number of carbonyl (C=O) groups excluding carboxylic acids is 1. The van der Waals surface area contributed by atoms with E-state index < -0.39 is 30.1 Å². The predicted octanol–water partition coefficient (Wildman–Crippen LogP) is 1.73. The number of carbonyl (C=O) groups is 1. The van der Waals surface area contributed by atoms with Gasteiger partial charge in [0.25, 0.3) is 0 Å². The van der Waals surface area contributed by atoms with Crippen LogP contribution >= 0.6 is 0 Å². The topological polar surface area (TPSA) is 72.5 Å². The molecule has 3 aliphatic rings. The fourth-order valence-electron chi connectivity index (χ4n) is 3.26. The Morgan fingerprint density at radius 3 is 2.35 bits per heavy atom. The summed E-state index contributed by atoms with van der Waals surface area (Å²) in [6.07, 6.45) is -1.21. The number of ether oxygens (including phenoxy) is 6. The van der Waals surface area contributed by atoms with Crippen molar-refractivity contribution < 1.29 is 33.2 Å². The second-order valence-corrected chi connectivity index (χ2v) is 7.14. The first-order chi connectivity index (χ1) is 10.7. The van der Waals surface area contributed by atoms with Gasteiger partial charge in [0.2, 0.25) is 6.29 Å². The van der Waals surface area contributed by atoms with E-state index in [9.17, 15) is 4.79 Å². The normalized spacial score (nSPS) is 41.0. The van der Waals surface area contributed by atoms with Crippen LogP contribution in [-0.2, 0) is 33.2 Å². The highest BCUT2D eigenvalue weighted by Gasteiger charge is 2.60. The average molecular weight is 330 g/mol. The molecule has 5 atom stereocenters. The van der Waals surface area contributed by atoms with E-state index >= 15 is 0 Å². The molecular formula is C16H26O7. The smallest absolute Gasteiger partial charge is 0.308 e. The van der Waals surface area contributed by atoms with Crippen molar-refractivity contribution in [2.24, 2.45) is 0 Å². The van der Waals surface area contributed by atoms with Crippen LogP contribution in [0.15, 0.2) is 0 Å². The van der Waals surface area contributed by atoms with Gasteiger partial charge < -0.3 is 28.4 Å². The van der Waals surface area contributed by atoms with E-state index in [1.165, 1.54) is 0 Å². The third-order valence-corrected chi connectivity index (χ3v) is 4.15. The Labute approximate surface area is 136 Å². The zero-order valence-corrected chi connectivity index (χ0v) is 14.4. The van der Waals surface area contributed by atoms with E-state index in [-0.39, 0.29) is 18.2 Å². The molecule has 3 heterocycles. The van der Waals surface area contributed by atoms with Gasteiger partial charge in [-0.1, -0.05) is 6.92 Å². The lowest BCUT2D eigenvalue weighted by molar-refractivity contribution is -0.244. The van der Waals surface area contributed by atoms with E-state index in [0.29, 0.717) is 13.0 Å². The summed E-state index contributed by atoms with van der Waals surface area (Å²) in [5.74, 6) is -1.70. The molecule has 23 heavy (non-hydrogen) atoms. The SMILES string of the molecule is CCCC(=O)O[C@H]1O[C@H]([C@H]2COC(C)(C)O2)[C@H]2OC(C)(C)O[C@@H]12. The summed E-state index contributed by atoms with van der Waals surface area (Å²) in [7, 11) is 0. The molecule has 3 fully saturated rings. The van der Waals surface area contributed by atoms with Crippen LogP contribution in [0.1, 0.15) is 47.5 Å². The van der Waals surface area contributed by atoms with Gasteiger partial charge in [0, 0.05) is 6.42 Å². The maximum absolute atomic E-state index is 11.8. The zero-order chi connectivity index (χ0) is 16.8. The monoisotopic (exact) mass is 330 g/mol. The van der Waals surface area contributed by atoms with Crippen LogP contribution < -0.4 is 0 Å². The second kappa shape index (κ2) is 5.97. The van der Waals surface area contributed by atoms with Crippen LogP contribution in [0.4, 0.5) is 0 Å². The number of hydrogen-bond acceptors (Lipinski definition) is 7. The summed E-state index contributed by atoms with van der Waals surface area (Å²) in [6.45, 7) is 9.71. The lowest BCUT2D eigenvalue weighted by atomic mass is 10.1. The first-order valence-electron chi connectivity index (χ1n) is 8.23. The van der Waals surface area contributed by atoms with Gasteiger partial charge in [0.05, 0.1) is 6.61 Å². The number of fused-ring (bicyclic) bond motifs is 1. The molecule has 3 saturated heterocycles. The van der Waals surface area contributed by atoms with Crippen LogP contribution in [0.5, 0.6) is 0 Å². The van der Waals surface area contributed by atoms with Crippen molar-refractivity contribution in [3.05, 3.63) is 0 Å². The Bertz CT molecular complexity index is 461. The predicted molar refractivity (Wildman–Crippen MR) is 78.4 cm³/mol. The van der Waals surface area contributed by atoms with Gasteiger partial charge in [-0.2, -0.15) is 0 Å². The lowest BCUT2D eigenvalue weighted by Crippen LogP contribution is -2.40. The van der Waals surface area contributed by atoms with E-state index in [4.69, 9.17) is 28.4 Å². The van der Waals surface area contributed by atoms with Gasteiger partial charge in [-0.15, -0.1) is 0 Å². The molecule has 0 saturated carbocycles. The Morgan fingerprint density at radius 2 is 1.74 bits per heavy atom. The minimum Gasteiger partial charge on any atom is -0.433 e. The van der Waals surface area contributed by atoms with Crippen molar-refractivity contribution in [2.75, 3.05) is 6.61 Å². The minimum absolute atomic E-state index is 0.287. The van der Waals surface area contributed by atoms with E-state index in [1.54, 1.807) is 0 Å². The maximum Gasteiger partial charge on any atom is 0.308 e. The summed E-state index contributed by atoms with van der Waals surface area (Å²) in [4.78, 5) is 11.8. The molecule has 0 aliphatic carbocycles. The van der Waals surface area contributed by atoms with Gasteiger partial charge in [-0.25, -0.2) is 0 Å². The van der Waals surface area contributed by atoms with E-state index in [0.717, 1.165) is 6.42 Å². The lowest BCUT2D eigenvalue weighted by Gasteiger charge is -2.26. The first-order valence-corrected chi connectivity index (χ1v) is 8.23. The largest absolute Gasteiger partial charge is 0.433 e. The first kappa shape index (κ1) is 17.1. The highest BCUT2D eigenvalue weighted by atomic mass is 16.8. The standard InChI is InChI=1S/C16H26O7/c1-6-7-10(17)19-14-13-12(22-16(4,5)23-13)11(20-14)9-8-18-15(2,3)21-9/h9,11-14H,6-8H2,1-5H3/t9-,11-,12-,13-,14+/m1/s1. The quantitative estimate of drug-likeness (QED) is 0.727. The Balaban J connectivity index is 1.73. The van der Waals surface area contributed by atoms with Crippen LogP contribution in [0.3, 0.4) is 0 Å². The molecule has 7 heteroatoms. The van der Waals surface area contributed by atoms with E-state index in [2.05, 4.69) is 0 Å². The number of esters is 1. The molecule has 132 valence electrons. The molecule has 0 aromatic rings. The summed E-state index contributed by atoms with van der Waals surface area (Å²) < 4.78 is 34.7. The number of hydrogen-bond donors (Lipinski definition) is 0. The van der Waals surface area contributed by atoms with Crippen LogP contribution in [0.2, 0.25) is 0 Å². The van der Waals surface area contributed by atoms with Crippen LogP contribution in [0.25, 0.3) is 0 Å². The molecule has 0 aromatic heterocycles. The van der Waals surface area contributed by atoms with Crippen molar-refractivity contribution >= 4 is 5.97 Å². The summed E-state index contributed by atoms with van der Waals surface area (Å²) in [5, 5.41) is 0. The molecule has 0 radical (unpaired) electrons. The molecular weight excluding hydrogens is 304 g/mol. The zero-order valence-electron chi connectivity index (χ0n) is 14.4. The van der Waals surface area contributed by atoms with Crippen molar-refractivity contribution in [1.29, 1.82) is 0 Å². The molecule has 3 aliphatic heterocycles. The van der Waals surface area contributed by atoms with Crippen molar-refractivity contribution in [3.8, 4) is 0 Å². The van der Waals surface area contributed by atoms with Crippen LogP contribution in [-0.4, -0.2) is 54.9 Å². The molecule has 0 bridgehead atoms. The highest BCUT2D eigenvalue weighted by molar-refractivity contribution is 5.69. The Hall–Kier alpha value is -0.730. The summed E-state index contributed by atoms with van der Waals surface area (Å²) >= 11 is 0. The summed E-state index contributed by atoms with van der Waals surface area (Å²) in [6, 6.07) is 0. The molecule has 0 spiro atoms. The molecule has 0 aromatic carbocycles. The van der Waals surface area contributed by atoms with Gasteiger partial charge >= 0.3 is 5.97 Å². The molecule has 0 amide bonds. The van der Waals surface area contributed by atoms with Crippen molar-refractivity contribution in [1.82, 2.24) is 0 Å². The average Bonchev–Trinajstić information content (AvgIpc) is 3.02. The number of rotatable bonds is 4. The third kappa shape index (κ3) is 3.53. The third-order valence-electron chi connectivity index (χ3n) is 4.15. The van der Waals surface area contributed by atoms with Gasteiger partial charge in [0.15, 0.2) is 17.7 Å². The van der Waals surface area contributed by atoms with Crippen LogP contribution in [0, 0.1) is 0 Å². The molecule has 7 nitrogen and oxygen atoms in total. The molecule has 0 unspecified atom stereocenters. The van der Waals surface area contributed by atoms with Crippen molar-refractivity contribution in [2.45, 2.75) is 89.7 Å². The van der Waals surface area contributed by atoms with Gasteiger partial charge in [0.1, 0.15) is 18.3 Å². The van der Waals surface area contributed by atoms with Gasteiger partial charge in [-0.05, 0) is 34.1 Å².